The Hall–Kier alpha value is -2.55. The van der Waals surface area contributed by atoms with Gasteiger partial charge in [-0.1, -0.05) is 12.1 Å². The summed E-state index contributed by atoms with van der Waals surface area (Å²) in [5, 5.41) is 0. The molecule has 4 aliphatic heterocycles. The fraction of sp³-hybridized carbons (Fsp3) is 0.450. The zero-order valence-electron chi connectivity index (χ0n) is 15.2. The van der Waals surface area contributed by atoms with Gasteiger partial charge in [0.05, 0.1) is 49.0 Å². The molecule has 8 nitrogen and oxygen atoms in total. The van der Waals surface area contributed by atoms with E-state index < -0.39 is 35.8 Å². The molecule has 8 heteroatoms. The number of carbonyl (C=O) groups excluding carboxylic acids is 3. The third kappa shape index (κ3) is 2.25. The van der Waals surface area contributed by atoms with Gasteiger partial charge < -0.3 is 18.9 Å². The minimum atomic E-state index is -1.09. The molecule has 146 valence electrons. The standard InChI is InChI=1S/C20H19NO7/c1-2-25-18(24)11-4-3-5-12(10-11)21-16(22)14-13-6-7-20(28-13,15(14)17(21)23)19-26-8-9-27-19/h3-7,10,13-15,19H,2,8-9H2,1H3/t13-,14-,15+,20-/m1/s1. The first-order valence-electron chi connectivity index (χ1n) is 9.32. The highest BCUT2D eigenvalue weighted by atomic mass is 16.7. The number of ether oxygens (including phenoxy) is 4. The minimum Gasteiger partial charge on any atom is -0.462 e. The Kier molecular flexibility index (Phi) is 3.90. The Morgan fingerprint density at radius 2 is 2.04 bits per heavy atom. The number of amides is 2. The average molecular weight is 385 g/mol. The lowest BCUT2D eigenvalue weighted by atomic mass is 9.76. The van der Waals surface area contributed by atoms with Crippen LogP contribution in [0, 0.1) is 11.8 Å². The summed E-state index contributed by atoms with van der Waals surface area (Å²) in [6.45, 7) is 2.79. The topological polar surface area (TPSA) is 91.4 Å². The van der Waals surface area contributed by atoms with Crippen molar-refractivity contribution >= 4 is 23.5 Å². The molecule has 0 aliphatic carbocycles. The molecule has 0 spiro atoms. The first kappa shape index (κ1) is 17.5. The van der Waals surface area contributed by atoms with Crippen LogP contribution in [0.5, 0.6) is 0 Å². The summed E-state index contributed by atoms with van der Waals surface area (Å²) >= 11 is 0. The molecule has 1 aromatic rings. The van der Waals surface area contributed by atoms with Gasteiger partial charge in [-0.3, -0.25) is 9.59 Å². The van der Waals surface area contributed by atoms with Gasteiger partial charge in [-0.25, -0.2) is 9.69 Å². The van der Waals surface area contributed by atoms with Gasteiger partial charge in [0.25, 0.3) is 0 Å². The maximum Gasteiger partial charge on any atom is 0.338 e. The number of nitrogens with zero attached hydrogens (tertiary/aromatic N) is 1. The maximum atomic E-state index is 13.3. The molecule has 2 amide bonds. The van der Waals surface area contributed by atoms with Crippen molar-refractivity contribution in [2.75, 3.05) is 24.7 Å². The number of carbonyl (C=O) groups is 3. The van der Waals surface area contributed by atoms with E-state index in [1.54, 1.807) is 37.3 Å². The van der Waals surface area contributed by atoms with Gasteiger partial charge in [0.1, 0.15) is 0 Å². The molecule has 1 aromatic carbocycles. The smallest absolute Gasteiger partial charge is 0.338 e. The molecule has 4 heterocycles. The van der Waals surface area contributed by atoms with Crippen molar-refractivity contribution < 1.29 is 33.3 Å². The zero-order chi connectivity index (χ0) is 19.5. The van der Waals surface area contributed by atoms with Crippen LogP contribution >= 0.6 is 0 Å². The maximum absolute atomic E-state index is 13.3. The van der Waals surface area contributed by atoms with E-state index in [0.717, 1.165) is 4.90 Å². The molecule has 3 fully saturated rings. The summed E-state index contributed by atoms with van der Waals surface area (Å²) in [5.74, 6) is -2.56. The number of imide groups is 1. The van der Waals surface area contributed by atoms with Gasteiger partial charge in [-0.15, -0.1) is 0 Å². The summed E-state index contributed by atoms with van der Waals surface area (Å²) in [7, 11) is 0. The fourth-order valence-corrected chi connectivity index (χ4v) is 4.57. The highest BCUT2D eigenvalue weighted by molar-refractivity contribution is 6.23. The predicted molar refractivity (Wildman–Crippen MR) is 94.3 cm³/mol. The van der Waals surface area contributed by atoms with Gasteiger partial charge in [0, 0.05) is 0 Å². The number of benzene rings is 1. The largest absolute Gasteiger partial charge is 0.462 e. The van der Waals surface area contributed by atoms with Crippen molar-refractivity contribution in [3.63, 3.8) is 0 Å². The summed E-state index contributed by atoms with van der Waals surface area (Å²) < 4.78 is 22.3. The summed E-state index contributed by atoms with van der Waals surface area (Å²) in [5.41, 5.74) is -0.462. The number of rotatable bonds is 4. The lowest BCUT2D eigenvalue weighted by molar-refractivity contribution is -0.180. The molecule has 4 atom stereocenters. The molecule has 0 unspecified atom stereocenters. The lowest BCUT2D eigenvalue weighted by Crippen LogP contribution is -2.49. The minimum absolute atomic E-state index is 0.239. The van der Waals surface area contributed by atoms with Gasteiger partial charge in [0.15, 0.2) is 11.9 Å². The monoisotopic (exact) mass is 385 g/mol. The molecule has 0 radical (unpaired) electrons. The van der Waals surface area contributed by atoms with E-state index >= 15 is 0 Å². The van der Waals surface area contributed by atoms with Crippen LogP contribution < -0.4 is 4.90 Å². The van der Waals surface area contributed by atoms with E-state index in [1.807, 2.05) is 0 Å². The van der Waals surface area contributed by atoms with Crippen LogP contribution in [0.1, 0.15) is 17.3 Å². The molecule has 0 N–H and O–H groups in total. The molecule has 28 heavy (non-hydrogen) atoms. The number of hydrogen-bond acceptors (Lipinski definition) is 7. The molecule has 2 bridgehead atoms. The summed E-state index contributed by atoms with van der Waals surface area (Å²) in [4.78, 5) is 39.6. The van der Waals surface area contributed by atoms with Gasteiger partial charge in [-0.2, -0.15) is 0 Å². The molecular weight excluding hydrogens is 366 g/mol. The van der Waals surface area contributed by atoms with Crippen molar-refractivity contribution in [1.29, 1.82) is 0 Å². The second-order valence-electron chi connectivity index (χ2n) is 7.15. The Morgan fingerprint density at radius 3 is 2.79 bits per heavy atom. The van der Waals surface area contributed by atoms with E-state index in [2.05, 4.69) is 0 Å². The first-order valence-corrected chi connectivity index (χ1v) is 9.32. The Bertz CT molecular complexity index is 890. The Balaban J connectivity index is 1.50. The van der Waals surface area contributed by atoms with E-state index in [-0.39, 0.29) is 24.0 Å². The molecular formula is C20H19NO7. The Labute approximate surface area is 161 Å². The van der Waals surface area contributed by atoms with E-state index in [0.29, 0.717) is 18.9 Å². The predicted octanol–water partition coefficient (Wildman–Crippen LogP) is 1.05. The van der Waals surface area contributed by atoms with Crippen LogP contribution in [0.4, 0.5) is 5.69 Å². The second kappa shape index (κ2) is 6.23. The number of fused-ring (bicyclic) bond motifs is 5. The number of esters is 1. The number of hydrogen-bond donors (Lipinski definition) is 0. The quantitative estimate of drug-likeness (QED) is 0.435. The molecule has 5 rings (SSSR count). The van der Waals surface area contributed by atoms with Crippen molar-refractivity contribution in [2.24, 2.45) is 11.8 Å². The van der Waals surface area contributed by atoms with Gasteiger partial charge in [0.2, 0.25) is 11.8 Å². The van der Waals surface area contributed by atoms with Crippen molar-refractivity contribution in [3.05, 3.63) is 42.0 Å². The third-order valence-corrected chi connectivity index (χ3v) is 5.68. The summed E-state index contributed by atoms with van der Waals surface area (Å²) in [6, 6.07) is 6.34. The van der Waals surface area contributed by atoms with Gasteiger partial charge >= 0.3 is 5.97 Å². The second-order valence-corrected chi connectivity index (χ2v) is 7.15. The lowest BCUT2D eigenvalue weighted by Gasteiger charge is -2.32. The number of anilines is 1. The summed E-state index contributed by atoms with van der Waals surface area (Å²) in [6.07, 6.45) is 2.38. The molecule has 3 saturated heterocycles. The van der Waals surface area contributed by atoms with Crippen molar-refractivity contribution in [2.45, 2.75) is 24.9 Å². The molecule has 0 saturated carbocycles. The van der Waals surface area contributed by atoms with Crippen LogP contribution in [-0.2, 0) is 28.5 Å². The zero-order valence-corrected chi connectivity index (χ0v) is 15.2. The van der Waals surface area contributed by atoms with E-state index in [1.165, 1.54) is 6.07 Å². The fourth-order valence-electron chi connectivity index (χ4n) is 4.57. The van der Waals surface area contributed by atoms with Crippen molar-refractivity contribution in [3.8, 4) is 0 Å². The van der Waals surface area contributed by atoms with Crippen LogP contribution in [0.15, 0.2) is 36.4 Å². The highest BCUT2D eigenvalue weighted by Crippen LogP contribution is 2.55. The highest BCUT2D eigenvalue weighted by Gasteiger charge is 2.71. The van der Waals surface area contributed by atoms with Crippen LogP contribution in [0.2, 0.25) is 0 Å². The third-order valence-electron chi connectivity index (χ3n) is 5.68. The van der Waals surface area contributed by atoms with E-state index in [9.17, 15) is 14.4 Å². The van der Waals surface area contributed by atoms with Gasteiger partial charge in [-0.05, 0) is 31.2 Å². The SMILES string of the molecule is CCOC(=O)c1cccc(N2C(=O)[C@H]3[C@@H](C2=O)[C@@]2(C4OCCO4)C=C[C@H]3O2)c1. The average Bonchev–Trinajstić information content (AvgIpc) is 3.45. The first-order chi connectivity index (χ1) is 13.6. The van der Waals surface area contributed by atoms with E-state index in [4.69, 9.17) is 18.9 Å². The normalized spacial score (nSPS) is 33.8. The molecule has 0 aromatic heterocycles. The molecule has 4 aliphatic rings. The van der Waals surface area contributed by atoms with Crippen LogP contribution in [0.25, 0.3) is 0 Å². The van der Waals surface area contributed by atoms with Crippen molar-refractivity contribution in [1.82, 2.24) is 0 Å². The van der Waals surface area contributed by atoms with Crippen LogP contribution in [0.3, 0.4) is 0 Å². The Morgan fingerprint density at radius 1 is 1.25 bits per heavy atom. The van der Waals surface area contributed by atoms with Crippen LogP contribution in [-0.4, -0.2) is 55.6 Å².